The Kier molecular flexibility index (Phi) is 6.89. The van der Waals surface area contributed by atoms with Crippen LogP contribution < -0.4 is 5.32 Å². The second-order valence-corrected chi connectivity index (χ2v) is 7.75. The van der Waals surface area contributed by atoms with Crippen molar-refractivity contribution in [1.29, 1.82) is 0 Å². The Labute approximate surface area is 158 Å². The Morgan fingerprint density at radius 1 is 1.15 bits per heavy atom. The zero-order valence-electron chi connectivity index (χ0n) is 15.2. The van der Waals surface area contributed by atoms with Crippen molar-refractivity contribution in [2.45, 2.75) is 24.8 Å². The fraction of sp³-hybridized carbons (Fsp3) is 0.333. The molecule has 0 aliphatic heterocycles. The van der Waals surface area contributed by atoms with Crippen LogP contribution in [0.4, 0.5) is 11.4 Å². The van der Waals surface area contributed by atoms with Crippen molar-refractivity contribution in [3.05, 3.63) is 64.2 Å². The van der Waals surface area contributed by atoms with Crippen LogP contribution in [0.2, 0.25) is 0 Å². The molecule has 0 radical (unpaired) electrons. The summed E-state index contributed by atoms with van der Waals surface area (Å²) in [6.45, 7) is 3.68. The Balaban J connectivity index is 2.43. The molecule has 9 heteroatoms. The number of anilines is 1. The molecule has 0 bridgehead atoms. The summed E-state index contributed by atoms with van der Waals surface area (Å²) in [5, 5.41) is 24.1. The van der Waals surface area contributed by atoms with Gasteiger partial charge in [-0.3, -0.25) is 10.1 Å². The highest BCUT2D eigenvalue weighted by Gasteiger charge is 2.26. The van der Waals surface area contributed by atoms with Crippen LogP contribution in [-0.2, 0) is 10.0 Å². The third-order valence-electron chi connectivity index (χ3n) is 4.22. The maximum Gasteiger partial charge on any atom is 0.293 e. The predicted octanol–water partition coefficient (Wildman–Crippen LogP) is 2.77. The first-order chi connectivity index (χ1) is 12.8. The minimum absolute atomic E-state index is 0.135. The number of nitro groups is 1. The van der Waals surface area contributed by atoms with Crippen molar-refractivity contribution in [3.63, 3.8) is 0 Å². The van der Waals surface area contributed by atoms with Crippen LogP contribution in [0, 0.1) is 10.1 Å². The van der Waals surface area contributed by atoms with Gasteiger partial charge < -0.3 is 10.4 Å². The zero-order valence-corrected chi connectivity index (χ0v) is 16.0. The largest absolute Gasteiger partial charge is 0.394 e. The van der Waals surface area contributed by atoms with Crippen LogP contribution in [0.15, 0.2) is 53.4 Å². The van der Waals surface area contributed by atoms with Gasteiger partial charge in [-0.05, 0) is 17.7 Å². The zero-order chi connectivity index (χ0) is 20.0. The lowest BCUT2D eigenvalue weighted by atomic mass is 10.1. The second kappa shape index (κ2) is 8.94. The lowest BCUT2D eigenvalue weighted by Gasteiger charge is -2.20. The Morgan fingerprint density at radius 3 is 2.30 bits per heavy atom. The van der Waals surface area contributed by atoms with Gasteiger partial charge in [0, 0.05) is 19.2 Å². The van der Waals surface area contributed by atoms with E-state index in [1.165, 1.54) is 16.4 Å². The van der Waals surface area contributed by atoms with Gasteiger partial charge in [-0.25, -0.2) is 8.42 Å². The van der Waals surface area contributed by atoms with Crippen molar-refractivity contribution in [2.75, 3.05) is 25.0 Å². The van der Waals surface area contributed by atoms with Gasteiger partial charge in [-0.1, -0.05) is 44.2 Å². The fourth-order valence-corrected chi connectivity index (χ4v) is 4.24. The molecule has 0 saturated carbocycles. The van der Waals surface area contributed by atoms with Gasteiger partial charge in [-0.2, -0.15) is 4.31 Å². The highest BCUT2D eigenvalue weighted by Crippen LogP contribution is 2.31. The number of nitrogens with zero attached hydrogens (tertiary/aromatic N) is 2. The summed E-state index contributed by atoms with van der Waals surface area (Å²) in [4.78, 5) is 10.7. The van der Waals surface area contributed by atoms with Crippen molar-refractivity contribution in [1.82, 2.24) is 4.31 Å². The van der Waals surface area contributed by atoms with Gasteiger partial charge in [0.15, 0.2) is 0 Å². The van der Waals surface area contributed by atoms with E-state index in [1.54, 1.807) is 38.1 Å². The smallest absolute Gasteiger partial charge is 0.293 e. The number of aliphatic hydroxyl groups is 1. The molecule has 2 rings (SSSR count). The molecule has 1 atom stereocenters. The van der Waals surface area contributed by atoms with Crippen LogP contribution in [0.25, 0.3) is 0 Å². The summed E-state index contributed by atoms with van der Waals surface area (Å²) in [6.07, 6.45) is 0. The topological polar surface area (TPSA) is 113 Å². The molecule has 0 spiro atoms. The van der Waals surface area contributed by atoms with E-state index < -0.39 is 21.0 Å². The summed E-state index contributed by atoms with van der Waals surface area (Å²) in [5.41, 5.74) is 0.535. The molecular formula is C18H23N3O5S. The van der Waals surface area contributed by atoms with Crippen LogP contribution in [0.5, 0.6) is 0 Å². The first-order valence-electron chi connectivity index (χ1n) is 8.56. The van der Waals surface area contributed by atoms with E-state index in [9.17, 15) is 23.6 Å². The summed E-state index contributed by atoms with van der Waals surface area (Å²) in [7, 11) is -3.81. The number of rotatable bonds is 9. The van der Waals surface area contributed by atoms with Crippen LogP contribution >= 0.6 is 0 Å². The van der Waals surface area contributed by atoms with Crippen LogP contribution in [0.1, 0.15) is 25.5 Å². The normalized spacial score (nSPS) is 12.7. The van der Waals surface area contributed by atoms with E-state index in [1.807, 2.05) is 6.07 Å². The molecule has 8 nitrogen and oxygen atoms in total. The molecule has 0 amide bonds. The SMILES string of the molecule is CCN(CC)S(=O)(=O)c1ccc(NC(CO)c2ccccc2)c([N+](=O)[O-])c1. The maximum atomic E-state index is 12.6. The minimum atomic E-state index is -3.81. The average Bonchev–Trinajstić information content (AvgIpc) is 2.67. The van der Waals surface area contributed by atoms with Crippen molar-refractivity contribution >= 4 is 21.4 Å². The Morgan fingerprint density at radius 2 is 1.78 bits per heavy atom. The van der Waals surface area contributed by atoms with Gasteiger partial charge in [0.25, 0.3) is 5.69 Å². The summed E-state index contributed by atoms with van der Waals surface area (Å²) >= 11 is 0. The molecule has 0 heterocycles. The molecule has 0 aliphatic rings. The van der Waals surface area contributed by atoms with E-state index in [0.717, 1.165) is 11.6 Å². The molecule has 2 aromatic carbocycles. The van der Waals surface area contributed by atoms with Crippen molar-refractivity contribution in [3.8, 4) is 0 Å². The molecule has 1 unspecified atom stereocenters. The highest BCUT2D eigenvalue weighted by atomic mass is 32.2. The summed E-state index contributed by atoms with van der Waals surface area (Å²) in [5.74, 6) is 0. The first kappa shape index (κ1) is 20.8. The van der Waals surface area contributed by atoms with Crippen molar-refractivity contribution in [2.24, 2.45) is 0 Å². The highest BCUT2D eigenvalue weighted by molar-refractivity contribution is 7.89. The first-order valence-corrected chi connectivity index (χ1v) is 10.00. The van der Waals surface area contributed by atoms with Gasteiger partial charge in [0.05, 0.1) is 22.5 Å². The van der Waals surface area contributed by atoms with E-state index in [2.05, 4.69) is 5.32 Å². The quantitative estimate of drug-likeness (QED) is 0.500. The van der Waals surface area contributed by atoms with E-state index in [0.29, 0.717) is 0 Å². The monoisotopic (exact) mass is 393 g/mol. The molecule has 0 aromatic heterocycles. The fourth-order valence-electron chi connectivity index (χ4n) is 2.77. The number of hydrogen-bond donors (Lipinski definition) is 2. The minimum Gasteiger partial charge on any atom is -0.394 e. The third-order valence-corrected chi connectivity index (χ3v) is 6.27. The number of sulfonamides is 1. The van der Waals surface area contributed by atoms with E-state index >= 15 is 0 Å². The molecule has 146 valence electrons. The predicted molar refractivity (Wildman–Crippen MR) is 103 cm³/mol. The summed E-state index contributed by atoms with van der Waals surface area (Å²) in [6, 6.07) is 12.2. The molecule has 0 saturated heterocycles. The van der Waals surface area contributed by atoms with E-state index in [4.69, 9.17) is 0 Å². The van der Waals surface area contributed by atoms with Gasteiger partial charge in [-0.15, -0.1) is 0 Å². The Hall–Kier alpha value is -2.49. The molecular weight excluding hydrogens is 370 g/mol. The average molecular weight is 393 g/mol. The molecule has 2 aromatic rings. The number of aliphatic hydroxyl groups excluding tert-OH is 1. The van der Waals surface area contributed by atoms with Crippen LogP contribution in [0.3, 0.4) is 0 Å². The standard InChI is InChI=1S/C18H23N3O5S/c1-3-20(4-2)27(25,26)15-10-11-16(18(12-15)21(23)24)19-17(13-22)14-8-6-5-7-9-14/h5-12,17,19,22H,3-4,13H2,1-2H3. The third kappa shape index (κ3) is 4.62. The number of nitro benzene ring substituents is 1. The Bertz CT molecular complexity index is 883. The van der Waals surface area contributed by atoms with Gasteiger partial charge >= 0.3 is 0 Å². The van der Waals surface area contributed by atoms with Crippen molar-refractivity contribution < 1.29 is 18.4 Å². The molecule has 0 aliphatic carbocycles. The molecule has 27 heavy (non-hydrogen) atoms. The maximum absolute atomic E-state index is 12.6. The van der Waals surface area contributed by atoms with Gasteiger partial charge in [0.1, 0.15) is 5.69 Å². The summed E-state index contributed by atoms with van der Waals surface area (Å²) < 4.78 is 26.5. The van der Waals surface area contributed by atoms with Crippen LogP contribution in [-0.4, -0.2) is 42.4 Å². The number of benzene rings is 2. The molecule has 2 N–H and O–H groups in total. The second-order valence-electron chi connectivity index (χ2n) is 5.82. The molecule has 0 fully saturated rings. The number of nitrogens with one attached hydrogen (secondary N) is 1. The lowest BCUT2D eigenvalue weighted by Crippen LogP contribution is -2.30. The lowest BCUT2D eigenvalue weighted by molar-refractivity contribution is -0.384. The van der Waals surface area contributed by atoms with E-state index in [-0.39, 0.29) is 36.0 Å². The number of hydrogen-bond acceptors (Lipinski definition) is 6. The van der Waals surface area contributed by atoms with Gasteiger partial charge in [0.2, 0.25) is 10.0 Å².